The highest BCUT2D eigenvalue weighted by Crippen LogP contribution is 2.27. The molecule has 1 rings (SSSR count). The van der Waals surface area contributed by atoms with Crippen LogP contribution in [0.2, 0.25) is 0 Å². The zero-order valence-electron chi connectivity index (χ0n) is 13.2. The van der Waals surface area contributed by atoms with Gasteiger partial charge >= 0.3 is 6.03 Å². The third-order valence-electron chi connectivity index (χ3n) is 3.42. The normalized spacial score (nSPS) is 12.3. The molecule has 1 aromatic carbocycles. The van der Waals surface area contributed by atoms with Gasteiger partial charge < -0.3 is 5.32 Å². The lowest BCUT2D eigenvalue weighted by atomic mass is 9.94. The topological polar surface area (TPSA) is 61.4 Å². The fraction of sp³-hybridized carbons (Fsp3) is 0.500. The smallest absolute Gasteiger partial charge is 0.321 e. The predicted octanol–water partition coefficient (Wildman–Crippen LogP) is 2.16. The summed E-state index contributed by atoms with van der Waals surface area (Å²) in [5.74, 6) is 0.163. The van der Waals surface area contributed by atoms with E-state index in [2.05, 4.69) is 41.5 Å². The monoisotopic (exact) mass is 291 g/mol. The van der Waals surface area contributed by atoms with E-state index < -0.39 is 6.03 Å². The van der Waals surface area contributed by atoms with Gasteiger partial charge in [-0.2, -0.15) is 0 Å². The van der Waals surface area contributed by atoms with Crippen molar-refractivity contribution in [2.24, 2.45) is 5.92 Å². The van der Waals surface area contributed by atoms with Crippen LogP contribution in [-0.4, -0.2) is 37.5 Å². The highest BCUT2D eigenvalue weighted by Gasteiger charge is 2.21. The minimum Gasteiger partial charge on any atom is -0.341 e. The van der Waals surface area contributed by atoms with Gasteiger partial charge in [0, 0.05) is 26.1 Å². The van der Waals surface area contributed by atoms with Crippen molar-refractivity contribution >= 4 is 11.9 Å². The molecule has 0 aliphatic heterocycles. The molecule has 2 N–H and O–H groups in total. The molecule has 0 aliphatic rings. The molecule has 0 bridgehead atoms. The van der Waals surface area contributed by atoms with Gasteiger partial charge in [-0.15, -0.1) is 0 Å². The molecule has 3 amide bonds. The molecule has 0 saturated carbocycles. The van der Waals surface area contributed by atoms with E-state index in [1.807, 2.05) is 25.2 Å². The second kappa shape index (κ2) is 8.42. The van der Waals surface area contributed by atoms with Crippen LogP contribution in [0.3, 0.4) is 0 Å². The summed E-state index contributed by atoms with van der Waals surface area (Å²) < 4.78 is 0. The zero-order valence-corrected chi connectivity index (χ0v) is 13.2. The number of hydrogen-bond donors (Lipinski definition) is 2. The summed E-state index contributed by atoms with van der Waals surface area (Å²) in [5.41, 5.74) is 1.24. The van der Waals surface area contributed by atoms with E-state index in [1.54, 1.807) is 0 Å². The standard InChI is InChI=1S/C16H25N3O2/c1-12(2)15(13-8-6-5-7-9-13)19(4)11-10-14(20)18-16(21)17-3/h5-9,12,15H,10-11H2,1-4H3,(H2,17,18,20,21)/t15-/m1/s1. The van der Waals surface area contributed by atoms with Gasteiger partial charge in [0.1, 0.15) is 0 Å². The molecule has 0 aliphatic carbocycles. The molecule has 1 aromatic rings. The highest BCUT2D eigenvalue weighted by molar-refractivity contribution is 5.94. The van der Waals surface area contributed by atoms with E-state index >= 15 is 0 Å². The van der Waals surface area contributed by atoms with Crippen molar-refractivity contribution in [2.75, 3.05) is 20.6 Å². The molecule has 0 fully saturated rings. The van der Waals surface area contributed by atoms with Crippen molar-refractivity contribution in [1.29, 1.82) is 0 Å². The van der Waals surface area contributed by atoms with Gasteiger partial charge in [0.15, 0.2) is 0 Å². The van der Waals surface area contributed by atoms with Gasteiger partial charge in [-0.25, -0.2) is 4.79 Å². The molecular weight excluding hydrogens is 266 g/mol. The summed E-state index contributed by atoms with van der Waals surface area (Å²) in [4.78, 5) is 24.9. The Kier molecular flexibility index (Phi) is 6.88. The van der Waals surface area contributed by atoms with Crippen LogP contribution < -0.4 is 10.6 Å². The van der Waals surface area contributed by atoms with Crippen LogP contribution in [0.1, 0.15) is 31.9 Å². The van der Waals surface area contributed by atoms with Crippen LogP contribution >= 0.6 is 0 Å². The summed E-state index contributed by atoms with van der Waals surface area (Å²) in [5, 5.41) is 4.64. The molecular formula is C16H25N3O2. The van der Waals surface area contributed by atoms with Crippen molar-refractivity contribution in [1.82, 2.24) is 15.5 Å². The third-order valence-corrected chi connectivity index (χ3v) is 3.42. The Labute approximate surface area is 126 Å². The maximum Gasteiger partial charge on any atom is 0.321 e. The van der Waals surface area contributed by atoms with Gasteiger partial charge in [-0.3, -0.25) is 15.0 Å². The van der Waals surface area contributed by atoms with Crippen LogP contribution in [0.5, 0.6) is 0 Å². The number of amides is 3. The minimum atomic E-state index is -0.467. The Hall–Kier alpha value is -1.88. The van der Waals surface area contributed by atoms with Crippen LogP contribution in [0.4, 0.5) is 4.79 Å². The van der Waals surface area contributed by atoms with Gasteiger partial charge in [0.05, 0.1) is 0 Å². The Balaban J connectivity index is 2.61. The fourth-order valence-corrected chi connectivity index (χ4v) is 2.47. The summed E-state index contributed by atoms with van der Waals surface area (Å²) in [7, 11) is 3.49. The first-order valence-corrected chi connectivity index (χ1v) is 7.22. The maximum atomic E-state index is 11.6. The summed E-state index contributed by atoms with van der Waals surface area (Å²) in [6.45, 7) is 4.93. The third kappa shape index (κ3) is 5.55. The van der Waals surface area contributed by atoms with E-state index in [1.165, 1.54) is 12.6 Å². The first kappa shape index (κ1) is 17.2. The first-order valence-electron chi connectivity index (χ1n) is 7.22. The van der Waals surface area contributed by atoms with E-state index in [-0.39, 0.29) is 11.9 Å². The van der Waals surface area contributed by atoms with Crippen LogP contribution in [-0.2, 0) is 4.79 Å². The minimum absolute atomic E-state index is 0.249. The van der Waals surface area contributed by atoms with Gasteiger partial charge in [0.2, 0.25) is 5.91 Å². The average Bonchev–Trinajstić information content (AvgIpc) is 2.46. The van der Waals surface area contributed by atoms with Crippen molar-refractivity contribution in [3.63, 3.8) is 0 Å². The summed E-state index contributed by atoms with van der Waals surface area (Å²) >= 11 is 0. The number of urea groups is 1. The van der Waals surface area contributed by atoms with Crippen molar-refractivity contribution < 1.29 is 9.59 Å². The van der Waals surface area contributed by atoms with E-state index in [0.717, 1.165) is 0 Å². The van der Waals surface area contributed by atoms with Gasteiger partial charge in [-0.1, -0.05) is 44.2 Å². The summed E-state index contributed by atoms with van der Waals surface area (Å²) in [6, 6.07) is 10.0. The first-order chi connectivity index (χ1) is 9.95. The van der Waals surface area contributed by atoms with E-state index in [0.29, 0.717) is 18.9 Å². The Morgan fingerprint density at radius 3 is 2.33 bits per heavy atom. The lowest BCUT2D eigenvalue weighted by Gasteiger charge is -2.31. The number of rotatable bonds is 6. The number of carbonyl (C=O) groups excluding carboxylic acids is 2. The van der Waals surface area contributed by atoms with Crippen LogP contribution in [0.15, 0.2) is 30.3 Å². The van der Waals surface area contributed by atoms with Gasteiger partial charge in [-0.05, 0) is 18.5 Å². The summed E-state index contributed by atoms with van der Waals surface area (Å²) in [6.07, 6.45) is 0.292. The predicted molar refractivity (Wildman–Crippen MR) is 83.9 cm³/mol. The van der Waals surface area contributed by atoms with Crippen LogP contribution in [0.25, 0.3) is 0 Å². The molecule has 0 radical (unpaired) electrons. The largest absolute Gasteiger partial charge is 0.341 e. The van der Waals surface area contributed by atoms with Crippen LogP contribution in [0, 0.1) is 5.92 Å². The highest BCUT2D eigenvalue weighted by atomic mass is 16.2. The molecule has 116 valence electrons. The number of nitrogens with one attached hydrogen (secondary N) is 2. The maximum absolute atomic E-state index is 11.6. The molecule has 21 heavy (non-hydrogen) atoms. The van der Waals surface area contributed by atoms with E-state index in [9.17, 15) is 9.59 Å². The van der Waals surface area contributed by atoms with Crippen molar-refractivity contribution in [3.05, 3.63) is 35.9 Å². The molecule has 5 nitrogen and oxygen atoms in total. The molecule has 0 unspecified atom stereocenters. The number of nitrogens with zero attached hydrogens (tertiary/aromatic N) is 1. The fourth-order valence-electron chi connectivity index (χ4n) is 2.47. The molecule has 5 heteroatoms. The number of benzene rings is 1. The molecule has 0 aromatic heterocycles. The Bertz CT molecular complexity index is 460. The second-order valence-corrected chi connectivity index (χ2v) is 5.46. The SMILES string of the molecule is CNC(=O)NC(=O)CCN(C)[C@@H](c1ccccc1)C(C)C. The molecule has 0 saturated heterocycles. The number of hydrogen-bond acceptors (Lipinski definition) is 3. The Morgan fingerprint density at radius 2 is 1.81 bits per heavy atom. The molecule has 0 heterocycles. The lowest BCUT2D eigenvalue weighted by molar-refractivity contribution is -0.120. The van der Waals surface area contributed by atoms with Crippen molar-refractivity contribution in [3.8, 4) is 0 Å². The van der Waals surface area contributed by atoms with Gasteiger partial charge in [0.25, 0.3) is 0 Å². The zero-order chi connectivity index (χ0) is 15.8. The lowest BCUT2D eigenvalue weighted by Crippen LogP contribution is -2.39. The Morgan fingerprint density at radius 1 is 1.19 bits per heavy atom. The number of imide groups is 1. The van der Waals surface area contributed by atoms with E-state index in [4.69, 9.17) is 0 Å². The van der Waals surface area contributed by atoms with Crippen molar-refractivity contribution in [2.45, 2.75) is 26.3 Å². The molecule has 0 spiro atoms. The average molecular weight is 291 g/mol. The quantitative estimate of drug-likeness (QED) is 0.844. The molecule has 1 atom stereocenters. The second-order valence-electron chi connectivity index (χ2n) is 5.46. The number of carbonyl (C=O) groups is 2.